The van der Waals surface area contributed by atoms with Crippen LogP contribution in [0.3, 0.4) is 0 Å². The number of amides is 1. The highest BCUT2D eigenvalue weighted by molar-refractivity contribution is 5.90. The van der Waals surface area contributed by atoms with Crippen molar-refractivity contribution in [2.75, 3.05) is 22.5 Å². The van der Waals surface area contributed by atoms with Crippen molar-refractivity contribution in [2.24, 2.45) is 0 Å². The van der Waals surface area contributed by atoms with Crippen LogP contribution in [0.5, 0.6) is 0 Å². The van der Waals surface area contributed by atoms with E-state index in [0.717, 1.165) is 16.9 Å². The molecule has 0 saturated carbocycles. The number of carbonyl (C=O) groups excluding carboxylic acids is 1. The number of hydrogen-bond donors (Lipinski definition) is 3. The highest BCUT2D eigenvalue weighted by atomic mass is 16.1. The van der Waals surface area contributed by atoms with E-state index in [1.807, 2.05) is 67.6 Å². The molecule has 1 aromatic heterocycles. The van der Waals surface area contributed by atoms with Gasteiger partial charge in [0.15, 0.2) is 0 Å². The standard InChI is InChI=1S/C20H21N5O/c1-15-14-22-20(24-17-10-6-3-7-11-17)25-19(15)21-13-12-18(26)23-16-8-4-2-5-9-16/h2-11,14H,12-13H2,1H3,(H,23,26)(H2,21,22,24,25). The molecule has 0 saturated heterocycles. The molecule has 132 valence electrons. The van der Waals surface area contributed by atoms with Crippen LogP contribution in [0.2, 0.25) is 0 Å². The maximum absolute atomic E-state index is 12.0. The van der Waals surface area contributed by atoms with Crippen molar-refractivity contribution in [3.63, 3.8) is 0 Å². The third-order valence-electron chi connectivity index (χ3n) is 3.70. The van der Waals surface area contributed by atoms with Crippen LogP contribution in [0.4, 0.5) is 23.1 Å². The van der Waals surface area contributed by atoms with Crippen molar-refractivity contribution < 1.29 is 4.79 Å². The average Bonchev–Trinajstić information content (AvgIpc) is 2.66. The molecule has 0 bridgehead atoms. The van der Waals surface area contributed by atoms with Crippen LogP contribution in [0, 0.1) is 6.92 Å². The van der Waals surface area contributed by atoms with Crippen molar-refractivity contribution in [3.8, 4) is 0 Å². The topological polar surface area (TPSA) is 78.9 Å². The Kier molecular flexibility index (Phi) is 5.77. The summed E-state index contributed by atoms with van der Waals surface area (Å²) in [6, 6.07) is 19.2. The number of rotatable bonds is 7. The van der Waals surface area contributed by atoms with Gasteiger partial charge in [0, 0.05) is 36.1 Å². The summed E-state index contributed by atoms with van der Waals surface area (Å²) in [7, 11) is 0. The Labute approximate surface area is 152 Å². The van der Waals surface area contributed by atoms with E-state index in [9.17, 15) is 4.79 Å². The number of para-hydroxylation sites is 2. The summed E-state index contributed by atoms with van der Waals surface area (Å²) in [5.74, 6) is 1.18. The predicted molar refractivity (Wildman–Crippen MR) is 105 cm³/mol. The van der Waals surface area contributed by atoms with Gasteiger partial charge in [0.2, 0.25) is 11.9 Å². The first-order valence-corrected chi connectivity index (χ1v) is 8.45. The van der Waals surface area contributed by atoms with Crippen LogP contribution in [0.1, 0.15) is 12.0 Å². The lowest BCUT2D eigenvalue weighted by molar-refractivity contribution is -0.115. The van der Waals surface area contributed by atoms with Gasteiger partial charge in [0.05, 0.1) is 0 Å². The monoisotopic (exact) mass is 347 g/mol. The molecule has 0 aliphatic rings. The molecule has 3 rings (SSSR count). The molecule has 6 heteroatoms. The SMILES string of the molecule is Cc1cnc(Nc2ccccc2)nc1NCCC(=O)Nc1ccccc1. The molecule has 3 N–H and O–H groups in total. The minimum Gasteiger partial charge on any atom is -0.369 e. The summed E-state index contributed by atoms with van der Waals surface area (Å²) in [6.07, 6.45) is 2.10. The van der Waals surface area contributed by atoms with Gasteiger partial charge in [-0.3, -0.25) is 4.79 Å². The number of hydrogen-bond acceptors (Lipinski definition) is 5. The molecule has 0 aliphatic heterocycles. The Morgan fingerprint density at radius 3 is 2.31 bits per heavy atom. The van der Waals surface area contributed by atoms with Crippen LogP contribution >= 0.6 is 0 Å². The van der Waals surface area contributed by atoms with Gasteiger partial charge in [0.1, 0.15) is 5.82 Å². The van der Waals surface area contributed by atoms with Crippen molar-refractivity contribution >= 4 is 29.0 Å². The Bertz CT molecular complexity index is 853. The summed E-state index contributed by atoms with van der Waals surface area (Å²) in [5.41, 5.74) is 2.64. The molecule has 0 radical (unpaired) electrons. The number of aryl methyl sites for hydroxylation is 1. The molecule has 0 aliphatic carbocycles. The van der Waals surface area contributed by atoms with Crippen LogP contribution in [-0.2, 0) is 4.79 Å². The molecule has 0 spiro atoms. The third kappa shape index (κ3) is 5.04. The number of aromatic nitrogens is 2. The fourth-order valence-corrected chi connectivity index (χ4v) is 2.37. The zero-order valence-corrected chi connectivity index (χ0v) is 14.6. The summed E-state index contributed by atoms with van der Waals surface area (Å²) < 4.78 is 0. The van der Waals surface area contributed by atoms with Crippen molar-refractivity contribution in [1.29, 1.82) is 0 Å². The second kappa shape index (κ2) is 8.62. The van der Waals surface area contributed by atoms with Gasteiger partial charge in [-0.1, -0.05) is 36.4 Å². The Balaban J connectivity index is 1.54. The molecular weight excluding hydrogens is 326 g/mol. The van der Waals surface area contributed by atoms with E-state index in [-0.39, 0.29) is 5.91 Å². The highest BCUT2D eigenvalue weighted by Gasteiger charge is 2.06. The molecule has 0 fully saturated rings. The maximum atomic E-state index is 12.0. The summed E-state index contributed by atoms with van der Waals surface area (Å²) in [4.78, 5) is 20.8. The van der Waals surface area contributed by atoms with E-state index in [4.69, 9.17) is 0 Å². The lowest BCUT2D eigenvalue weighted by Gasteiger charge is -2.11. The summed E-state index contributed by atoms with van der Waals surface area (Å²) in [5, 5.41) is 9.23. The predicted octanol–water partition coefficient (Wildman–Crippen LogP) is 3.97. The first kappa shape index (κ1) is 17.4. The summed E-state index contributed by atoms with van der Waals surface area (Å²) >= 11 is 0. The smallest absolute Gasteiger partial charge is 0.229 e. The Morgan fingerprint density at radius 2 is 1.62 bits per heavy atom. The number of nitrogens with zero attached hydrogens (tertiary/aromatic N) is 2. The molecule has 0 atom stereocenters. The molecule has 3 aromatic rings. The minimum atomic E-state index is -0.0435. The lowest BCUT2D eigenvalue weighted by Crippen LogP contribution is -2.17. The maximum Gasteiger partial charge on any atom is 0.229 e. The van der Waals surface area contributed by atoms with E-state index in [0.29, 0.717) is 24.7 Å². The first-order chi connectivity index (χ1) is 12.7. The number of anilines is 4. The normalized spacial score (nSPS) is 10.2. The minimum absolute atomic E-state index is 0.0435. The molecular formula is C20H21N5O. The number of carbonyl (C=O) groups is 1. The van der Waals surface area contributed by atoms with E-state index in [1.54, 1.807) is 6.20 Å². The van der Waals surface area contributed by atoms with Crippen molar-refractivity contribution in [3.05, 3.63) is 72.4 Å². The van der Waals surface area contributed by atoms with Crippen molar-refractivity contribution in [1.82, 2.24) is 9.97 Å². The Hall–Kier alpha value is -3.41. The van der Waals surface area contributed by atoms with E-state index in [2.05, 4.69) is 25.9 Å². The third-order valence-corrected chi connectivity index (χ3v) is 3.70. The van der Waals surface area contributed by atoms with Gasteiger partial charge in [-0.05, 0) is 31.2 Å². The average molecular weight is 347 g/mol. The van der Waals surface area contributed by atoms with Gasteiger partial charge in [-0.25, -0.2) is 4.98 Å². The fraction of sp³-hybridized carbons (Fsp3) is 0.150. The molecule has 1 amide bonds. The van der Waals surface area contributed by atoms with Gasteiger partial charge >= 0.3 is 0 Å². The molecule has 26 heavy (non-hydrogen) atoms. The van der Waals surface area contributed by atoms with Gasteiger partial charge < -0.3 is 16.0 Å². The molecule has 2 aromatic carbocycles. The second-order valence-corrected chi connectivity index (χ2v) is 5.81. The van der Waals surface area contributed by atoms with E-state index >= 15 is 0 Å². The van der Waals surface area contributed by atoms with Gasteiger partial charge in [-0.2, -0.15) is 4.98 Å². The van der Waals surface area contributed by atoms with Crippen LogP contribution in [-0.4, -0.2) is 22.4 Å². The zero-order chi connectivity index (χ0) is 18.2. The van der Waals surface area contributed by atoms with Crippen LogP contribution in [0.15, 0.2) is 66.9 Å². The fourth-order valence-electron chi connectivity index (χ4n) is 2.37. The van der Waals surface area contributed by atoms with Crippen molar-refractivity contribution in [2.45, 2.75) is 13.3 Å². The van der Waals surface area contributed by atoms with E-state index < -0.39 is 0 Å². The first-order valence-electron chi connectivity index (χ1n) is 8.45. The van der Waals surface area contributed by atoms with Crippen LogP contribution in [0.25, 0.3) is 0 Å². The summed E-state index contributed by atoms with van der Waals surface area (Å²) in [6.45, 7) is 2.42. The number of nitrogens with one attached hydrogen (secondary N) is 3. The lowest BCUT2D eigenvalue weighted by atomic mass is 10.3. The van der Waals surface area contributed by atoms with Crippen LogP contribution < -0.4 is 16.0 Å². The number of benzene rings is 2. The zero-order valence-electron chi connectivity index (χ0n) is 14.6. The molecule has 0 unspecified atom stereocenters. The van der Waals surface area contributed by atoms with Gasteiger partial charge in [-0.15, -0.1) is 0 Å². The Morgan fingerprint density at radius 1 is 0.962 bits per heavy atom. The highest BCUT2D eigenvalue weighted by Crippen LogP contribution is 2.16. The largest absolute Gasteiger partial charge is 0.369 e. The second-order valence-electron chi connectivity index (χ2n) is 5.81. The molecule has 6 nitrogen and oxygen atoms in total. The van der Waals surface area contributed by atoms with Gasteiger partial charge in [0.25, 0.3) is 0 Å². The molecule has 1 heterocycles. The quantitative estimate of drug-likeness (QED) is 0.603. The van der Waals surface area contributed by atoms with E-state index in [1.165, 1.54) is 0 Å².